The van der Waals surface area contributed by atoms with Crippen molar-refractivity contribution in [3.05, 3.63) is 29.3 Å². The predicted molar refractivity (Wildman–Crippen MR) is 91.6 cm³/mol. The summed E-state index contributed by atoms with van der Waals surface area (Å²) in [6, 6.07) is 5.68. The first-order chi connectivity index (χ1) is 11.2. The van der Waals surface area contributed by atoms with Crippen molar-refractivity contribution in [2.45, 2.75) is 45.6 Å². The van der Waals surface area contributed by atoms with Crippen LogP contribution in [0.3, 0.4) is 0 Å². The summed E-state index contributed by atoms with van der Waals surface area (Å²) < 4.78 is 37.6. The first kappa shape index (κ1) is 20.4. The molecule has 0 saturated heterocycles. The fraction of sp³-hybridized carbons (Fsp3) is 0.588. The molecule has 6 nitrogen and oxygen atoms in total. The van der Waals surface area contributed by atoms with Crippen LogP contribution in [0.2, 0.25) is 0 Å². The normalized spacial score (nSPS) is 12.7. The maximum absolute atomic E-state index is 11.2. The zero-order chi connectivity index (χ0) is 18.2. The second-order valence-corrected chi connectivity index (χ2v) is 7.23. The van der Waals surface area contributed by atoms with Crippen LogP contribution in [-0.2, 0) is 30.3 Å². The van der Waals surface area contributed by atoms with E-state index in [2.05, 4.69) is 4.74 Å². The largest absolute Gasteiger partial charge is 0.493 e. The third kappa shape index (κ3) is 7.79. The molecule has 0 fully saturated rings. The lowest BCUT2D eigenvalue weighted by Gasteiger charge is -2.15. The summed E-state index contributed by atoms with van der Waals surface area (Å²) in [5, 5.41) is 0. The monoisotopic (exact) mass is 358 g/mol. The SMILES string of the molecule is CC[C@H](CCOc1ccc(CCC(=O)OC)c(C)c1)OS(C)(=O)=O. The number of benzene rings is 1. The lowest BCUT2D eigenvalue weighted by molar-refractivity contribution is -0.140. The summed E-state index contributed by atoms with van der Waals surface area (Å²) in [6.45, 7) is 4.20. The summed E-state index contributed by atoms with van der Waals surface area (Å²) in [7, 11) is -2.07. The van der Waals surface area contributed by atoms with Gasteiger partial charge in [0.2, 0.25) is 0 Å². The second-order valence-electron chi connectivity index (χ2n) is 5.63. The summed E-state index contributed by atoms with van der Waals surface area (Å²) in [5.74, 6) is 0.481. The molecule has 1 aromatic carbocycles. The fourth-order valence-corrected chi connectivity index (χ4v) is 2.98. The van der Waals surface area contributed by atoms with E-state index in [4.69, 9.17) is 8.92 Å². The van der Waals surface area contributed by atoms with Gasteiger partial charge < -0.3 is 9.47 Å². The van der Waals surface area contributed by atoms with Crippen molar-refractivity contribution in [3.8, 4) is 5.75 Å². The molecule has 0 radical (unpaired) electrons. The highest BCUT2D eigenvalue weighted by molar-refractivity contribution is 7.86. The van der Waals surface area contributed by atoms with Gasteiger partial charge in [0, 0.05) is 12.8 Å². The topological polar surface area (TPSA) is 78.9 Å². The van der Waals surface area contributed by atoms with E-state index < -0.39 is 10.1 Å². The van der Waals surface area contributed by atoms with Crippen molar-refractivity contribution in [2.75, 3.05) is 20.0 Å². The fourth-order valence-electron chi connectivity index (χ4n) is 2.25. The smallest absolute Gasteiger partial charge is 0.305 e. The highest BCUT2D eigenvalue weighted by atomic mass is 32.2. The molecule has 136 valence electrons. The third-order valence-corrected chi connectivity index (χ3v) is 4.24. The van der Waals surface area contributed by atoms with Crippen molar-refractivity contribution in [3.63, 3.8) is 0 Å². The van der Waals surface area contributed by atoms with E-state index in [0.717, 1.165) is 17.4 Å². The Morgan fingerprint density at radius 1 is 1.29 bits per heavy atom. The van der Waals surface area contributed by atoms with Crippen LogP contribution in [0.15, 0.2) is 18.2 Å². The van der Waals surface area contributed by atoms with Crippen LogP contribution in [-0.4, -0.2) is 40.5 Å². The maximum Gasteiger partial charge on any atom is 0.305 e. The third-order valence-electron chi connectivity index (χ3n) is 3.61. The van der Waals surface area contributed by atoms with E-state index in [1.807, 2.05) is 32.0 Å². The van der Waals surface area contributed by atoms with E-state index in [1.165, 1.54) is 7.11 Å². The highest BCUT2D eigenvalue weighted by Crippen LogP contribution is 2.19. The van der Waals surface area contributed by atoms with Gasteiger partial charge in [-0.15, -0.1) is 0 Å². The van der Waals surface area contributed by atoms with Gasteiger partial charge in [0.25, 0.3) is 10.1 Å². The Morgan fingerprint density at radius 3 is 2.54 bits per heavy atom. The molecule has 0 aliphatic carbocycles. The van der Waals surface area contributed by atoms with Gasteiger partial charge in [0.15, 0.2) is 0 Å². The first-order valence-electron chi connectivity index (χ1n) is 7.92. The minimum atomic E-state index is -3.45. The molecule has 0 aliphatic rings. The van der Waals surface area contributed by atoms with Crippen LogP contribution >= 0.6 is 0 Å². The molecular formula is C17H26O6S. The van der Waals surface area contributed by atoms with Crippen LogP contribution < -0.4 is 4.74 Å². The number of hydrogen-bond acceptors (Lipinski definition) is 6. The molecule has 1 rings (SSSR count). The Morgan fingerprint density at radius 2 is 2.00 bits per heavy atom. The van der Waals surface area contributed by atoms with E-state index in [9.17, 15) is 13.2 Å². The minimum Gasteiger partial charge on any atom is -0.493 e. The number of hydrogen-bond donors (Lipinski definition) is 0. The van der Waals surface area contributed by atoms with Gasteiger partial charge in [-0.1, -0.05) is 13.0 Å². The van der Waals surface area contributed by atoms with Gasteiger partial charge in [-0.05, 0) is 43.0 Å². The average Bonchev–Trinajstić information content (AvgIpc) is 2.51. The number of esters is 1. The van der Waals surface area contributed by atoms with Crippen LogP contribution in [0.5, 0.6) is 5.75 Å². The predicted octanol–water partition coefficient (Wildman–Crippen LogP) is 2.62. The van der Waals surface area contributed by atoms with Gasteiger partial charge in [0.1, 0.15) is 5.75 Å². The number of carbonyl (C=O) groups excluding carboxylic acids is 1. The summed E-state index contributed by atoms with van der Waals surface area (Å²) in [6.07, 6.45) is 2.74. The van der Waals surface area contributed by atoms with Crippen molar-refractivity contribution < 1.29 is 26.9 Å². The summed E-state index contributed by atoms with van der Waals surface area (Å²) in [4.78, 5) is 11.2. The Bertz CT molecular complexity index is 638. The molecule has 0 heterocycles. The Balaban J connectivity index is 2.51. The summed E-state index contributed by atoms with van der Waals surface area (Å²) >= 11 is 0. The molecular weight excluding hydrogens is 332 g/mol. The van der Waals surface area contributed by atoms with Crippen LogP contribution in [0.1, 0.15) is 37.3 Å². The number of ether oxygens (including phenoxy) is 2. The van der Waals surface area contributed by atoms with E-state index in [1.54, 1.807) is 0 Å². The van der Waals surface area contributed by atoms with Crippen molar-refractivity contribution in [1.29, 1.82) is 0 Å². The molecule has 0 unspecified atom stereocenters. The van der Waals surface area contributed by atoms with Gasteiger partial charge >= 0.3 is 5.97 Å². The van der Waals surface area contributed by atoms with Gasteiger partial charge in [-0.3, -0.25) is 8.98 Å². The lowest BCUT2D eigenvalue weighted by atomic mass is 10.0. The van der Waals surface area contributed by atoms with E-state index >= 15 is 0 Å². The number of methoxy groups -OCH3 is 1. The molecule has 0 amide bonds. The molecule has 1 atom stereocenters. The molecule has 0 bridgehead atoms. The molecule has 0 aliphatic heterocycles. The Labute approximate surface area is 144 Å². The number of aryl methyl sites for hydroxylation is 2. The minimum absolute atomic E-state index is 0.230. The molecule has 0 saturated carbocycles. The first-order valence-corrected chi connectivity index (χ1v) is 9.74. The molecule has 0 aromatic heterocycles. The number of rotatable bonds is 10. The standard InChI is InChI=1S/C17H26O6S/c1-5-15(23-24(4,19)20)10-11-22-16-8-6-14(13(2)12-16)7-9-17(18)21-3/h6,8,12,15H,5,7,9-11H2,1-4H3/t15-/m1/s1. The average molecular weight is 358 g/mol. The number of carbonyl (C=O) groups is 1. The molecule has 1 aromatic rings. The Kier molecular flexibility index (Phi) is 8.21. The van der Waals surface area contributed by atoms with Gasteiger partial charge in [0.05, 0.1) is 26.1 Å². The highest BCUT2D eigenvalue weighted by Gasteiger charge is 2.14. The van der Waals surface area contributed by atoms with Crippen molar-refractivity contribution in [2.24, 2.45) is 0 Å². The second kappa shape index (κ2) is 9.64. The van der Waals surface area contributed by atoms with E-state index in [0.29, 0.717) is 38.0 Å². The molecule has 0 spiro atoms. The quantitative estimate of drug-likeness (QED) is 0.472. The Hall–Kier alpha value is -1.60. The zero-order valence-corrected chi connectivity index (χ0v) is 15.5. The lowest BCUT2D eigenvalue weighted by Crippen LogP contribution is -2.19. The molecule has 0 N–H and O–H groups in total. The van der Waals surface area contributed by atoms with Gasteiger partial charge in [-0.25, -0.2) is 0 Å². The zero-order valence-electron chi connectivity index (χ0n) is 14.7. The maximum atomic E-state index is 11.2. The summed E-state index contributed by atoms with van der Waals surface area (Å²) in [5.41, 5.74) is 2.11. The van der Waals surface area contributed by atoms with Crippen molar-refractivity contribution in [1.82, 2.24) is 0 Å². The van der Waals surface area contributed by atoms with Crippen LogP contribution in [0.25, 0.3) is 0 Å². The van der Waals surface area contributed by atoms with Crippen LogP contribution in [0.4, 0.5) is 0 Å². The molecule has 24 heavy (non-hydrogen) atoms. The van der Waals surface area contributed by atoms with Gasteiger partial charge in [-0.2, -0.15) is 8.42 Å². The molecule has 7 heteroatoms. The van der Waals surface area contributed by atoms with Crippen molar-refractivity contribution >= 4 is 16.1 Å². The van der Waals surface area contributed by atoms with Crippen LogP contribution in [0, 0.1) is 6.92 Å². The van der Waals surface area contributed by atoms with E-state index in [-0.39, 0.29) is 12.1 Å².